The maximum Gasteiger partial charge on any atom is 0.243 e. The number of carbonyl (C=O) groups is 2. The third kappa shape index (κ3) is 3.39. The summed E-state index contributed by atoms with van der Waals surface area (Å²) in [6.45, 7) is 0. The number of benzene rings is 1. The molecule has 1 aromatic heterocycles. The number of hydrogen-bond acceptors (Lipinski definition) is 4. The van der Waals surface area contributed by atoms with Crippen LogP contribution in [0.5, 0.6) is 0 Å². The number of amides is 1. The van der Waals surface area contributed by atoms with Crippen molar-refractivity contribution in [1.29, 1.82) is 0 Å². The molecule has 0 fully saturated rings. The molecule has 19 heavy (non-hydrogen) atoms. The first-order valence-corrected chi connectivity index (χ1v) is 7.02. The van der Waals surface area contributed by atoms with E-state index < -0.39 is 5.91 Å². The Balaban J connectivity index is 1.91. The van der Waals surface area contributed by atoms with E-state index in [2.05, 4.69) is 0 Å². The fraction of sp³-hybridized carbons (Fsp3) is 0.286. The second-order valence-electron chi connectivity index (χ2n) is 4.31. The molecule has 0 aliphatic carbocycles. The summed E-state index contributed by atoms with van der Waals surface area (Å²) in [5.74, 6) is -0.296. The van der Waals surface area contributed by atoms with Gasteiger partial charge in [0.15, 0.2) is 5.78 Å². The molecule has 1 amide bonds. The predicted octanol–water partition coefficient (Wildman–Crippen LogP) is 3.15. The van der Waals surface area contributed by atoms with Crippen molar-refractivity contribution in [2.45, 2.75) is 25.7 Å². The molecule has 0 atom stereocenters. The maximum atomic E-state index is 12.1. The van der Waals surface area contributed by atoms with Gasteiger partial charge in [0.25, 0.3) is 0 Å². The van der Waals surface area contributed by atoms with Gasteiger partial charge in [-0.3, -0.25) is 14.8 Å². The Kier molecular flexibility index (Phi) is 4.65. The molecule has 2 N–H and O–H groups in total. The Bertz CT molecular complexity index is 591. The predicted molar refractivity (Wildman–Crippen MR) is 74.6 cm³/mol. The quantitative estimate of drug-likeness (QED) is 0.369. The highest BCUT2D eigenvalue weighted by atomic mass is 32.1. The van der Waals surface area contributed by atoms with Crippen LogP contribution in [0, 0.1) is 0 Å². The van der Waals surface area contributed by atoms with Crippen molar-refractivity contribution in [3.8, 4) is 0 Å². The highest BCUT2D eigenvalue weighted by Gasteiger charge is 2.11. The van der Waals surface area contributed by atoms with E-state index in [4.69, 9.17) is 5.21 Å². The summed E-state index contributed by atoms with van der Waals surface area (Å²) in [6.07, 6.45) is 1.92. The fourth-order valence-corrected chi connectivity index (χ4v) is 2.92. The highest BCUT2D eigenvalue weighted by Crippen LogP contribution is 2.26. The van der Waals surface area contributed by atoms with Gasteiger partial charge in [0.1, 0.15) is 0 Å². The van der Waals surface area contributed by atoms with Crippen LogP contribution in [0.2, 0.25) is 0 Å². The Labute approximate surface area is 115 Å². The average molecular weight is 277 g/mol. The standard InChI is InChI=1S/C14H15NO3S/c16-12(6-2-4-8-14(17)15-18)11-9-19-13-7-3-1-5-10(11)13/h1,3,5,7,9,18H,2,4,6,8H2,(H,15,17). The lowest BCUT2D eigenvalue weighted by Crippen LogP contribution is -2.17. The van der Waals surface area contributed by atoms with Crippen LogP contribution in [0.25, 0.3) is 10.1 Å². The Morgan fingerprint density at radius 3 is 2.68 bits per heavy atom. The molecule has 0 saturated heterocycles. The Hall–Kier alpha value is -1.72. The van der Waals surface area contributed by atoms with E-state index in [0.29, 0.717) is 19.3 Å². The average Bonchev–Trinajstić information content (AvgIpc) is 2.87. The number of unbranched alkanes of at least 4 members (excludes halogenated alkanes) is 1. The van der Waals surface area contributed by atoms with Gasteiger partial charge in [-0.05, 0) is 18.9 Å². The van der Waals surface area contributed by atoms with Crippen LogP contribution in [0.15, 0.2) is 29.6 Å². The van der Waals surface area contributed by atoms with Crippen molar-refractivity contribution >= 4 is 33.1 Å². The number of hydrogen-bond donors (Lipinski definition) is 2. The third-order valence-corrected chi connectivity index (χ3v) is 3.93. The van der Waals surface area contributed by atoms with Crippen molar-refractivity contribution in [3.63, 3.8) is 0 Å². The zero-order chi connectivity index (χ0) is 13.7. The molecule has 1 heterocycles. The van der Waals surface area contributed by atoms with Crippen LogP contribution < -0.4 is 5.48 Å². The smallest absolute Gasteiger partial charge is 0.243 e. The molecular weight excluding hydrogens is 262 g/mol. The highest BCUT2D eigenvalue weighted by molar-refractivity contribution is 7.17. The maximum absolute atomic E-state index is 12.1. The molecule has 5 heteroatoms. The van der Waals surface area contributed by atoms with E-state index >= 15 is 0 Å². The van der Waals surface area contributed by atoms with Crippen molar-refractivity contribution in [2.24, 2.45) is 0 Å². The minimum atomic E-state index is -0.409. The van der Waals surface area contributed by atoms with E-state index in [1.807, 2.05) is 29.6 Å². The minimum absolute atomic E-state index is 0.113. The van der Waals surface area contributed by atoms with Gasteiger partial charge in [0.05, 0.1) is 0 Å². The summed E-state index contributed by atoms with van der Waals surface area (Å²) in [5, 5.41) is 11.2. The van der Waals surface area contributed by atoms with Crippen molar-refractivity contribution < 1.29 is 14.8 Å². The number of carbonyl (C=O) groups excluding carboxylic acids is 2. The number of Topliss-reactive ketones (excluding diaryl/α,β-unsaturated/α-hetero) is 1. The molecule has 0 radical (unpaired) electrons. The first-order valence-electron chi connectivity index (χ1n) is 6.14. The lowest BCUT2D eigenvalue weighted by Gasteiger charge is -2.00. The van der Waals surface area contributed by atoms with Crippen molar-refractivity contribution in [1.82, 2.24) is 5.48 Å². The molecule has 0 aliphatic heterocycles. The number of ketones is 1. The molecule has 2 aromatic rings. The van der Waals surface area contributed by atoms with Crippen molar-refractivity contribution in [2.75, 3.05) is 0 Å². The summed E-state index contributed by atoms with van der Waals surface area (Å²) in [7, 11) is 0. The first-order chi connectivity index (χ1) is 9.22. The first kappa shape index (κ1) is 13.7. The molecule has 0 aliphatic rings. The molecule has 1 aromatic carbocycles. The zero-order valence-corrected chi connectivity index (χ0v) is 11.2. The van der Waals surface area contributed by atoms with Crippen LogP contribution in [0.4, 0.5) is 0 Å². The second kappa shape index (κ2) is 6.45. The number of thiophene rings is 1. The van der Waals surface area contributed by atoms with Gasteiger partial charge < -0.3 is 0 Å². The minimum Gasteiger partial charge on any atom is -0.294 e. The van der Waals surface area contributed by atoms with Crippen LogP contribution in [-0.4, -0.2) is 16.9 Å². The molecule has 2 rings (SSSR count). The van der Waals surface area contributed by atoms with Gasteiger partial charge in [-0.2, -0.15) is 0 Å². The molecular formula is C14H15NO3S. The number of nitrogens with one attached hydrogen (secondary N) is 1. The van der Waals surface area contributed by atoms with Crippen LogP contribution in [-0.2, 0) is 4.79 Å². The van der Waals surface area contributed by atoms with Crippen LogP contribution >= 0.6 is 11.3 Å². The van der Waals surface area contributed by atoms with Gasteiger partial charge in [0.2, 0.25) is 5.91 Å². The number of rotatable bonds is 6. The van der Waals surface area contributed by atoms with Gasteiger partial charge in [0, 0.05) is 33.9 Å². The summed E-state index contributed by atoms with van der Waals surface area (Å²) in [4.78, 5) is 22.9. The number of fused-ring (bicyclic) bond motifs is 1. The second-order valence-corrected chi connectivity index (χ2v) is 5.22. The van der Waals surface area contributed by atoms with E-state index in [1.165, 1.54) is 0 Å². The zero-order valence-electron chi connectivity index (χ0n) is 10.4. The summed E-state index contributed by atoms with van der Waals surface area (Å²) >= 11 is 1.57. The Morgan fingerprint density at radius 2 is 1.89 bits per heavy atom. The van der Waals surface area contributed by atoms with Gasteiger partial charge in [-0.1, -0.05) is 18.2 Å². The molecule has 0 spiro atoms. The third-order valence-electron chi connectivity index (χ3n) is 2.96. The van der Waals surface area contributed by atoms with E-state index in [0.717, 1.165) is 15.6 Å². The monoisotopic (exact) mass is 277 g/mol. The largest absolute Gasteiger partial charge is 0.294 e. The topological polar surface area (TPSA) is 66.4 Å². The van der Waals surface area contributed by atoms with Gasteiger partial charge in [-0.15, -0.1) is 11.3 Å². The summed E-state index contributed by atoms with van der Waals surface area (Å²) < 4.78 is 1.12. The Morgan fingerprint density at radius 1 is 1.16 bits per heavy atom. The van der Waals surface area contributed by atoms with E-state index in [9.17, 15) is 9.59 Å². The molecule has 0 saturated carbocycles. The van der Waals surface area contributed by atoms with Crippen LogP contribution in [0.1, 0.15) is 36.0 Å². The van der Waals surface area contributed by atoms with E-state index in [1.54, 1.807) is 16.8 Å². The lowest BCUT2D eigenvalue weighted by molar-refractivity contribution is -0.129. The number of hydroxylamine groups is 1. The summed E-state index contributed by atoms with van der Waals surface area (Å²) in [6, 6.07) is 7.85. The van der Waals surface area contributed by atoms with E-state index in [-0.39, 0.29) is 12.2 Å². The SMILES string of the molecule is O=C(CCCCC(=O)c1csc2ccccc12)NO. The molecule has 100 valence electrons. The van der Waals surface area contributed by atoms with Crippen LogP contribution in [0.3, 0.4) is 0 Å². The fourth-order valence-electron chi connectivity index (χ4n) is 1.96. The van der Waals surface area contributed by atoms with Crippen molar-refractivity contribution in [3.05, 3.63) is 35.2 Å². The molecule has 0 unspecified atom stereocenters. The molecule has 0 bridgehead atoms. The summed E-state index contributed by atoms with van der Waals surface area (Å²) in [5.41, 5.74) is 2.35. The van der Waals surface area contributed by atoms with Gasteiger partial charge >= 0.3 is 0 Å². The molecule has 4 nitrogen and oxygen atoms in total. The lowest BCUT2D eigenvalue weighted by atomic mass is 10.0. The normalized spacial score (nSPS) is 10.6. The van der Waals surface area contributed by atoms with Gasteiger partial charge in [-0.25, -0.2) is 5.48 Å².